The Kier molecular flexibility index (Phi) is 3.09. The Balaban J connectivity index is 1.79. The van der Waals surface area contributed by atoms with Crippen molar-refractivity contribution in [3.8, 4) is 6.07 Å². The zero-order valence-corrected chi connectivity index (χ0v) is 12.2. The molecule has 22 heavy (non-hydrogen) atoms. The number of hydrogen-bond acceptors (Lipinski definition) is 3. The Morgan fingerprint density at radius 2 is 2.14 bits per heavy atom. The number of amides is 1. The molecule has 110 valence electrons. The average molecular weight is 292 g/mol. The minimum Gasteiger partial charge on any atom is -0.376 e. The highest BCUT2D eigenvalue weighted by Gasteiger charge is 2.39. The third-order valence-corrected chi connectivity index (χ3v) is 4.59. The van der Waals surface area contributed by atoms with Gasteiger partial charge in [0.25, 0.3) is 5.91 Å². The van der Waals surface area contributed by atoms with Gasteiger partial charge in [0, 0.05) is 18.7 Å². The molecular weight excluding hydrogens is 276 g/mol. The largest absolute Gasteiger partial charge is 0.376 e. The third kappa shape index (κ3) is 1.90. The van der Waals surface area contributed by atoms with Crippen molar-refractivity contribution in [1.29, 1.82) is 5.26 Å². The zero-order chi connectivity index (χ0) is 15.1. The fourth-order valence-electron chi connectivity index (χ4n) is 3.52. The first-order valence-corrected chi connectivity index (χ1v) is 7.63. The lowest BCUT2D eigenvalue weighted by molar-refractivity contribution is 0.0512. The summed E-state index contributed by atoms with van der Waals surface area (Å²) in [7, 11) is 0. The minimum atomic E-state index is -0.503. The summed E-state index contributed by atoms with van der Waals surface area (Å²) >= 11 is 0. The van der Waals surface area contributed by atoms with E-state index in [0.29, 0.717) is 12.1 Å². The number of hydrogen-bond donors (Lipinski definition) is 0. The number of fused-ring (bicyclic) bond motifs is 3. The van der Waals surface area contributed by atoms with Crippen LogP contribution in [0.2, 0.25) is 0 Å². The highest BCUT2D eigenvalue weighted by Crippen LogP contribution is 2.38. The Bertz CT molecular complexity index is 787. The molecule has 1 fully saturated rings. The molecule has 0 spiro atoms. The van der Waals surface area contributed by atoms with E-state index in [0.717, 1.165) is 35.8 Å². The van der Waals surface area contributed by atoms with Gasteiger partial charge in [-0.15, -0.1) is 0 Å². The van der Waals surface area contributed by atoms with Crippen molar-refractivity contribution < 1.29 is 9.53 Å². The minimum absolute atomic E-state index is 0.0474. The lowest BCUT2D eigenvalue weighted by Crippen LogP contribution is -2.34. The van der Waals surface area contributed by atoms with E-state index in [1.165, 1.54) is 0 Å². The molecule has 0 saturated carbocycles. The molecule has 2 heterocycles. The highest BCUT2D eigenvalue weighted by molar-refractivity contribution is 6.11. The molecule has 2 atom stereocenters. The summed E-state index contributed by atoms with van der Waals surface area (Å²) in [4.78, 5) is 14.6. The number of nitriles is 1. The van der Waals surface area contributed by atoms with Crippen molar-refractivity contribution in [1.82, 2.24) is 4.90 Å². The van der Waals surface area contributed by atoms with Crippen molar-refractivity contribution in [3.63, 3.8) is 0 Å². The predicted molar refractivity (Wildman–Crippen MR) is 82.3 cm³/mol. The molecule has 0 radical (unpaired) electrons. The third-order valence-electron chi connectivity index (χ3n) is 4.59. The number of rotatable bonds is 2. The Morgan fingerprint density at radius 3 is 2.91 bits per heavy atom. The fraction of sp³-hybridized carbons (Fsp3) is 0.333. The van der Waals surface area contributed by atoms with Gasteiger partial charge in [0.15, 0.2) is 0 Å². The Hall–Kier alpha value is -2.38. The maximum Gasteiger partial charge on any atom is 0.256 e. The predicted octanol–water partition coefficient (Wildman–Crippen LogP) is 3.04. The monoisotopic (exact) mass is 292 g/mol. The van der Waals surface area contributed by atoms with Crippen LogP contribution < -0.4 is 0 Å². The van der Waals surface area contributed by atoms with Crippen molar-refractivity contribution in [2.75, 3.05) is 13.2 Å². The average Bonchev–Trinajstić information content (AvgIpc) is 3.15. The van der Waals surface area contributed by atoms with Crippen molar-refractivity contribution >= 4 is 16.7 Å². The van der Waals surface area contributed by atoms with Crippen LogP contribution in [-0.2, 0) is 4.74 Å². The molecule has 2 aromatic carbocycles. The summed E-state index contributed by atoms with van der Waals surface area (Å²) in [6.07, 6.45) is 2.04. The van der Waals surface area contributed by atoms with Gasteiger partial charge < -0.3 is 9.64 Å². The van der Waals surface area contributed by atoms with E-state index in [-0.39, 0.29) is 12.0 Å². The molecule has 0 aromatic heterocycles. The topological polar surface area (TPSA) is 53.3 Å². The smallest absolute Gasteiger partial charge is 0.256 e. The maximum atomic E-state index is 12.9. The van der Waals surface area contributed by atoms with Crippen LogP contribution in [0.3, 0.4) is 0 Å². The first-order chi connectivity index (χ1) is 10.8. The summed E-state index contributed by atoms with van der Waals surface area (Å²) in [6, 6.07) is 13.5. The van der Waals surface area contributed by atoms with Gasteiger partial charge in [-0.25, -0.2) is 0 Å². The quantitative estimate of drug-likeness (QED) is 0.855. The second-order valence-corrected chi connectivity index (χ2v) is 5.88. The standard InChI is InChI=1S/C18H16N2O2/c19-10-16-15-8-7-12-4-1-2-6-14(12)17(15)18(21)20(16)11-13-5-3-9-22-13/h1-2,4,6-8,13,16H,3,5,9,11H2. The van der Waals surface area contributed by atoms with Crippen LogP contribution in [0.4, 0.5) is 0 Å². The molecule has 1 saturated heterocycles. The fourth-order valence-corrected chi connectivity index (χ4v) is 3.52. The van der Waals surface area contributed by atoms with E-state index in [1.807, 2.05) is 36.4 Å². The first kappa shape index (κ1) is 13.3. The molecule has 1 amide bonds. The molecule has 2 unspecified atom stereocenters. The molecule has 2 aliphatic heterocycles. The van der Waals surface area contributed by atoms with Crippen molar-refractivity contribution in [2.24, 2.45) is 0 Å². The lowest BCUT2D eigenvalue weighted by atomic mass is 9.98. The van der Waals surface area contributed by atoms with Crippen LogP contribution in [0, 0.1) is 11.3 Å². The van der Waals surface area contributed by atoms with Crippen LogP contribution in [0.15, 0.2) is 36.4 Å². The van der Waals surface area contributed by atoms with E-state index in [9.17, 15) is 10.1 Å². The summed E-state index contributed by atoms with van der Waals surface area (Å²) < 4.78 is 5.64. The van der Waals surface area contributed by atoms with Crippen LogP contribution in [0.5, 0.6) is 0 Å². The van der Waals surface area contributed by atoms with E-state index >= 15 is 0 Å². The summed E-state index contributed by atoms with van der Waals surface area (Å²) in [6.45, 7) is 1.25. The number of benzene rings is 2. The van der Waals surface area contributed by atoms with Crippen molar-refractivity contribution in [2.45, 2.75) is 25.0 Å². The maximum absolute atomic E-state index is 12.9. The van der Waals surface area contributed by atoms with Gasteiger partial charge in [-0.2, -0.15) is 5.26 Å². The highest BCUT2D eigenvalue weighted by atomic mass is 16.5. The molecule has 2 aliphatic rings. The van der Waals surface area contributed by atoms with Crippen LogP contribution in [0.1, 0.15) is 34.8 Å². The molecule has 4 heteroatoms. The van der Waals surface area contributed by atoms with Gasteiger partial charge in [-0.3, -0.25) is 4.79 Å². The van der Waals surface area contributed by atoms with E-state index in [2.05, 4.69) is 6.07 Å². The van der Waals surface area contributed by atoms with Gasteiger partial charge in [0.1, 0.15) is 6.04 Å². The molecule has 0 aliphatic carbocycles. The van der Waals surface area contributed by atoms with Gasteiger partial charge in [0.05, 0.1) is 17.7 Å². The number of carbonyl (C=O) groups is 1. The van der Waals surface area contributed by atoms with E-state index < -0.39 is 6.04 Å². The molecule has 4 rings (SSSR count). The number of carbonyl (C=O) groups excluding carboxylic acids is 1. The van der Waals surface area contributed by atoms with Gasteiger partial charge in [0.2, 0.25) is 0 Å². The van der Waals surface area contributed by atoms with E-state index in [1.54, 1.807) is 4.90 Å². The summed E-state index contributed by atoms with van der Waals surface area (Å²) in [5.41, 5.74) is 1.51. The summed E-state index contributed by atoms with van der Waals surface area (Å²) in [5, 5.41) is 11.5. The SMILES string of the molecule is N#CC1c2ccc3ccccc3c2C(=O)N1CC1CCCO1. The van der Waals surface area contributed by atoms with Gasteiger partial charge in [-0.1, -0.05) is 36.4 Å². The number of ether oxygens (including phenoxy) is 1. The van der Waals surface area contributed by atoms with E-state index in [4.69, 9.17) is 4.74 Å². The van der Waals surface area contributed by atoms with Gasteiger partial charge in [-0.05, 0) is 23.6 Å². The van der Waals surface area contributed by atoms with Crippen molar-refractivity contribution in [3.05, 3.63) is 47.5 Å². The molecule has 0 bridgehead atoms. The lowest BCUT2D eigenvalue weighted by Gasteiger charge is -2.23. The number of nitrogens with zero attached hydrogens (tertiary/aromatic N) is 2. The zero-order valence-electron chi connectivity index (χ0n) is 12.2. The normalized spacial score (nSPS) is 23.8. The molecular formula is C18H16N2O2. The first-order valence-electron chi connectivity index (χ1n) is 7.63. The second-order valence-electron chi connectivity index (χ2n) is 5.88. The second kappa shape index (κ2) is 5.11. The molecule has 0 N–H and O–H groups in total. The van der Waals surface area contributed by atoms with Crippen LogP contribution in [0.25, 0.3) is 10.8 Å². The molecule has 2 aromatic rings. The van der Waals surface area contributed by atoms with Crippen LogP contribution >= 0.6 is 0 Å². The van der Waals surface area contributed by atoms with Crippen LogP contribution in [-0.4, -0.2) is 30.1 Å². The summed E-state index contributed by atoms with van der Waals surface area (Å²) in [5.74, 6) is -0.0474. The Morgan fingerprint density at radius 1 is 1.27 bits per heavy atom. The van der Waals surface area contributed by atoms with Gasteiger partial charge >= 0.3 is 0 Å². The Labute approximate surface area is 128 Å². The molecule has 4 nitrogen and oxygen atoms in total.